The summed E-state index contributed by atoms with van der Waals surface area (Å²) in [4.78, 5) is 26.1. The maximum absolute atomic E-state index is 12.6. The number of benzene rings is 2. The van der Waals surface area contributed by atoms with E-state index in [1.807, 2.05) is 35.7 Å². The first-order valence-electron chi connectivity index (χ1n) is 9.78. The summed E-state index contributed by atoms with van der Waals surface area (Å²) in [7, 11) is 0. The van der Waals surface area contributed by atoms with Crippen LogP contribution in [0.2, 0.25) is 0 Å². The lowest BCUT2D eigenvalue weighted by Gasteiger charge is -2.09. The van der Waals surface area contributed by atoms with Crippen molar-refractivity contribution in [3.8, 4) is 27.9 Å². The quantitative estimate of drug-likeness (QED) is 0.381. The third-order valence-electron chi connectivity index (χ3n) is 4.68. The molecule has 3 aromatic heterocycles. The fourth-order valence-electron chi connectivity index (χ4n) is 3.08. The van der Waals surface area contributed by atoms with Crippen molar-refractivity contribution in [2.24, 2.45) is 0 Å². The van der Waals surface area contributed by atoms with Crippen molar-refractivity contribution in [2.45, 2.75) is 0 Å². The van der Waals surface area contributed by atoms with E-state index in [0.29, 0.717) is 28.7 Å². The number of nitrogens with one attached hydrogen (secondary N) is 1. The standard InChI is InChI=1S/C24H17N5O2S/c30-24(18-5-3-17(4-6-18)21-2-1-13-32-21)28-19-7-9-20(10-8-19)31-23-14-22(26-15-27-23)29-12-11-25-16-29/h1-16H,(H,28,30). The Balaban J connectivity index is 1.23. The van der Waals surface area contributed by atoms with Crippen molar-refractivity contribution in [3.05, 3.63) is 103 Å². The number of anilines is 1. The van der Waals surface area contributed by atoms with E-state index in [9.17, 15) is 4.79 Å². The zero-order valence-corrected chi connectivity index (χ0v) is 17.6. The number of hydrogen-bond donors (Lipinski definition) is 1. The molecule has 3 heterocycles. The molecule has 0 radical (unpaired) electrons. The predicted molar refractivity (Wildman–Crippen MR) is 123 cm³/mol. The molecule has 8 heteroatoms. The van der Waals surface area contributed by atoms with Crippen molar-refractivity contribution >= 4 is 22.9 Å². The second-order valence-corrected chi connectivity index (χ2v) is 7.77. The highest BCUT2D eigenvalue weighted by Gasteiger charge is 2.08. The Morgan fingerprint density at radius 2 is 1.84 bits per heavy atom. The van der Waals surface area contributed by atoms with Gasteiger partial charge in [0.1, 0.15) is 24.2 Å². The molecule has 0 spiro atoms. The van der Waals surface area contributed by atoms with Gasteiger partial charge in [0, 0.05) is 34.6 Å². The molecule has 1 amide bonds. The van der Waals surface area contributed by atoms with E-state index in [-0.39, 0.29) is 5.91 Å². The van der Waals surface area contributed by atoms with Crippen LogP contribution in [0.4, 0.5) is 5.69 Å². The van der Waals surface area contributed by atoms with Gasteiger partial charge in [0.2, 0.25) is 5.88 Å². The zero-order chi connectivity index (χ0) is 21.8. The van der Waals surface area contributed by atoms with Crippen LogP contribution in [-0.4, -0.2) is 25.4 Å². The van der Waals surface area contributed by atoms with Crippen LogP contribution in [0.25, 0.3) is 16.3 Å². The summed E-state index contributed by atoms with van der Waals surface area (Å²) in [5, 5.41) is 4.94. The van der Waals surface area contributed by atoms with Crippen LogP contribution in [0.5, 0.6) is 11.6 Å². The molecule has 0 atom stereocenters. The molecule has 0 unspecified atom stereocenters. The molecule has 0 saturated heterocycles. The Labute approximate surface area is 188 Å². The van der Waals surface area contributed by atoms with Gasteiger partial charge in [0.05, 0.1) is 0 Å². The third-order valence-corrected chi connectivity index (χ3v) is 5.60. The van der Waals surface area contributed by atoms with E-state index in [1.165, 1.54) is 11.2 Å². The molecule has 0 aliphatic rings. The number of aromatic nitrogens is 4. The molecule has 0 aliphatic heterocycles. The van der Waals surface area contributed by atoms with Crippen LogP contribution < -0.4 is 10.1 Å². The Morgan fingerprint density at radius 3 is 2.56 bits per heavy atom. The molecule has 0 saturated carbocycles. The largest absolute Gasteiger partial charge is 0.439 e. The van der Waals surface area contributed by atoms with Gasteiger partial charge in [-0.3, -0.25) is 9.36 Å². The Bertz CT molecular complexity index is 1320. The molecule has 32 heavy (non-hydrogen) atoms. The average Bonchev–Trinajstić information content (AvgIpc) is 3.55. The normalized spacial score (nSPS) is 10.6. The third kappa shape index (κ3) is 4.40. The number of hydrogen-bond acceptors (Lipinski definition) is 6. The molecule has 5 rings (SSSR count). The molecular weight excluding hydrogens is 422 g/mol. The first kappa shape index (κ1) is 19.7. The van der Waals surface area contributed by atoms with Crippen LogP contribution >= 0.6 is 11.3 Å². The van der Waals surface area contributed by atoms with Crippen molar-refractivity contribution in [3.63, 3.8) is 0 Å². The fraction of sp³-hybridized carbons (Fsp3) is 0. The topological polar surface area (TPSA) is 81.9 Å². The van der Waals surface area contributed by atoms with Gasteiger partial charge in [-0.15, -0.1) is 11.3 Å². The minimum Gasteiger partial charge on any atom is -0.439 e. The minimum absolute atomic E-state index is 0.169. The van der Waals surface area contributed by atoms with Crippen LogP contribution in [-0.2, 0) is 0 Å². The van der Waals surface area contributed by atoms with E-state index in [4.69, 9.17) is 4.74 Å². The van der Waals surface area contributed by atoms with Gasteiger partial charge in [-0.05, 0) is 53.4 Å². The van der Waals surface area contributed by atoms with Gasteiger partial charge in [-0.25, -0.2) is 15.0 Å². The van der Waals surface area contributed by atoms with Crippen LogP contribution in [0.15, 0.2) is 97.2 Å². The highest BCUT2D eigenvalue weighted by molar-refractivity contribution is 7.13. The number of carbonyl (C=O) groups is 1. The Hall–Kier alpha value is -4.30. The number of thiophene rings is 1. The molecule has 1 N–H and O–H groups in total. The minimum atomic E-state index is -0.169. The maximum atomic E-state index is 12.6. The van der Waals surface area contributed by atoms with Gasteiger partial charge in [-0.1, -0.05) is 18.2 Å². The number of amides is 1. The lowest BCUT2D eigenvalue weighted by molar-refractivity contribution is 0.102. The van der Waals surface area contributed by atoms with Crippen LogP contribution in [0, 0.1) is 0 Å². The van der Waals surface area contributed by atoms with Gasteiger partial charge in [0.25, 0.3) is 5.91 Å². The predicted octanol–water partition coefficient (Wildman–Crippen LogP) is 5.44. The summed E-state index contributed by atoms with van der Waals surface area (Å²) >= 11 is 1.67. The molecule has 0 bridgehead atoms. The molecular formula is C24H17N5O2S. The number of rotatable bonds is 6. The Morgan fingerprint density at radius 1 is 1.00 bits per heavy atom. The SMILES string of the molecule is O=C(Nc1ccc(Oc2cc(-n3ccnc3)ncn2)cc1)c1ccc(-c2cccs2)cc1. The highest BCUT2D eigenvalue weighted by Crippen LogP contribution is 2.25. The van der Waals surface area contributed by atoms with E-state index in [1.54, 1.807) is 65.0 Å². The van der Waals surface area contributed by atoms with Gasteiger partial charge in [-0.2, -0.15) is 0 Å². The van der Waals surface area contributed by atoms with Gasteiger partial charge in [0.15, 0.2) is 0 Å². The number of carbonyl (C=O) groups excluding carboxylic acids is 1. The molecule has 2 aromatic carbocycles. The van der Waals surface area contributed by atoms with E-state index >= 15 is 0 Å². The lowest BCUT2D eigenvalue weighted by atomic mass is 10.1. The Kier molecular flexibility index (Phi) is 5.42. The molecule has 156 valence electrons. The molecule has 0 aliphatic carbocycles. The monoisotopic (exact) mass is 439 g/mol. The highest BCUT2D eigenvalue weighted by atomic mass is 32.1. The summed E-state index contributed by atoms with van der Waals surface area (Å²) in [6, 6.07) is 20.5. The summed E-state index contributed by atoms with van der Waals surface area (Å²) in [6.45, 7) is 0. The zero-order valence-electron chi connectivity index (χ0n) is 16.8. The van der Waals surface area contributed by atoms with Crippen molar-refractivity contribution < 1.29 is 9.53 Å². The first-order valence-corrected chi connectivity index (χ1v) is 10.7. The van der Waals surface area contributed by atoms with Gasteiger partial charge < -0.3 is 10.1 Å². The number of imidazole rings is 1. The molecule has 0 fully saturated rings. The molecule has 5 aromatic rings. The summed E-state index contributed by atoms with van der Waals surface area (Å²) in [5.41, 5.74) is 2.36. The molecule has 7 nitrogen and oxygen atoms in total. The number of ether oxygens (including phenoxy) is 1. The van der Waals surface area contributed by atoms with Crippen LogP contribution in [0.3, 0.4) is 0 Å². The second-order valence-electron chi connectivity index (χ2n) is 6.82. The average molecular weight is 440 g/mol. The second kappa shape index (κ2) is 8.83. The summed E-state index contributed by atoms with van der Waals surface area (Å²) in [6.07, 6.45) is 6.55. The number of nitrogens with zero attached hydrogens (tertiary/aromatic N) is 4. The van der Waals surface area contributed by atoms with E-state index < -0.39 is 0 Å². The smallest absolute Gasteiger partial charge is 0.255 e. The van der Waals surface area contributed by atoms with Crippen molar-refractivity contribution in [1.29, 1.82) is 0 Å². The van der Waals surface area contributed by atoms with E-state index in [2.05, 4.69) is 26.3 Å². The van der Waals surface area contributed by atoms with E-state index in [0.717, 1.165) is 5.56 Å². The van der Waals surface area contributed by atoms with Gasteiger partial charge >= 0.3 is 0 Å². The maximum Gasteiger partial charge on any atom is 0.255 e. The fourth-order valence-corrected chi connectivity index (χ4v) is 3.81. The van der Waals surface area contributed by atoms with Crippen LogP contribution in [0.1, 0.15) is 10.4 Å². The summed E-state index contributed by atoms with van der Waals surface area (Å²) < 4.78 is 7.58. The first-order chi connectivity index (χ1) is 15.7. The summed E-state index contributed by atoms with van der Waals surface area (Å²) in [5.74, 6) is 1.49. The lowest BCUT2D eigenvalue weighted by Crippen LogP contribution is -2.11. The van der Waals surface area contributed by atoms with Crippen molar-refractivity contribution in [1.82, 2.24) is 19.5 Å². The van der Waals surface area contributed by atoms with Crippen molar-refractivity contribution in [2.75, 3.05) is 5.32 Å².